The predicted molar refractivity (Wildman–Crippen MR) is 75.7 cm³/mol. The summed E-state index contributed by atoms with van der Waals surface area (Å²) in [6.07, 6.45) is 0.233. The average molecular weight is 329 g/mol. The lowest BCUT2D eigenvalue weighted by Crippen LogP contribution is -2.10. The quantitative estimate of drug-likeness (QED) is 0.777. The minimum absolute atomic E-state index is 0.00391. The Morgan fingerprint density at radius 3 is 2.58 bits per heavy atom. The molecule has 4 nitrogen and oxygen atoms in total. The van der Waals surface area contributed by atoms with Gasteiger partial charge in [0.1, 0.15) is 5.75 Å². The summed E-state index contributed by atoms with van der Waals surface area (Å²) in [5.41, 5.74) is 0.563. The number of carboxylic acid groups (broad SMARTS) is 1. The lowest BCUT2D eigenvalue weighted by molar-refractivity contribution is -0.137. The summed E-state index contributed by atoms with van der Waals surface area (Å²) in [6.45, 7) is 4.20. The number of halogens is 1. The second-order valence-corrected chi connectivity index (χ2v) is 5.26. The molecule has 0 bridgehead atoms. The standard InChI is InChI=1S/C14H17BrO4/c1-3-19-13-5-4-10(8-11(13)15)12(16)6-9(2)7-14(17)18/h4-5,8-9H,3,6-7H2,1-2H3,(H,17,18). The molecule has 0 aliphatic carbocycles. The number of ether oxygens (including phenoxy) is 1. The van der Waals surface area contributed by atoms with Crippen molar-refractivity contribution in [3.8, 4) is 5.75 Å². The van der Waals surface area contributed by atoms with Crippen LogP contribution >= 0.6 is 15.9 Å². The zero-order valence-corrected chi connectivity index (χ0v) is 12.6. The van der Waals surface area contributed by atoms with Crippen LogP contribution in [0.15, 0.2) is 22.7 Å². The molecule has 1 unspecified atom stereocenters. The van der Waals surface area contributed by atoms with E-state index < -0.39 is 5.97 Å². The smallest absolute Gasteiger partial charge is 0.303 e. The van der Waals surface area contributed by atoms with Crippen LogP contribution in [0.3, 0.4) is 0 Å². The number of ketones is 1. The number of rotatable bonds is 7. The highest BCUT2D eigenvalue weighted by Crippen LogP contribution is 2.27. The van der Waals surface area contributed by atoms with Gasteiger partial charge >= 0.3 is 5.97 Å². The van der Waals surface area contributed by atoms with Crippen molar-refractivity contribution in [1.29, 1.82) is 0 Å². The Bertz CT molecular complexity index is 471. The van der Waals surface area contributed by atoms with Crippen molar-refractivity contribution in [2.24, 2.45) is 5.92 Å². The van der Waals surface area contributed by atoms with Crippen molar-refractivity contribution in [2.45, 2.75) is 26.7 Å². The number of aliphatic carboxylic acids is 1. The summed E-state index contributed by atoms with van der Waals surface area (Å²) >= 11 is 3.35. The van der Waals surface area contributed by atoms with Gasteiger partial charge in [-0.3, -0.25) is 9.59 Å². The van der Waals surface area contributed by atoms with Gasteiger partial charge in [0, 0.05) is 18.4 Å². The molecule has 0 heterocycles. The third-order valence-corrected chi connectivity index (χ3v) is 3.23. The van der Waals surface area contributed by atoms with E-state index in [1.807, 2.05) is 6.92 Å². The van der Waals surface area contributed by atoms with Crippen LogP contribution in [0.5, 0.6) is 5.75 Å². The van der Waals surface area contributed by atoms with Crippen LogP contribution in [0.1, 0.15) is 37.0 Å². The molecule has 5 heteroatoms. The molecule has 0 spiro atoms. The summed E-state index contributed by atoms with van der Waals surface area (Å²) in [6, 6.07) is 5.15. The average Bonchev–Trinajstić information content (AvgIpc) is 2.30. The van der Waals surface area contributed by atoms with E-state index >= 15 is 0 Å². The first kappa shape index (κ1) is 15.7. The molecule has 0 saturated carbocycles. The van der Waals surface area contributed by atoms with Gasteiger partial charge in [-0.2, -0.15) is 0 Å². The number of benzene rings is 1. The number of carbonyl (C=O) groups excluding carboxylic acids is 1. The lowest BCUT2D eigenvalue weighted by atomic mass is 9.97. The Morgan fingerprint density at radius 2 is 2.05 bits per heavy atom. The van der Waals surface area contributed by atoms with Crippen LogP contribution in [0, 0.1) is 5.92 Å². The second-order valence-electron chi connectivity index (χ2n) is 4.41. The van der Waals surface area contributed by atoms with Crippen molar-refractivity contribution < 1.29 is 19.4 Å². The maximum absolute atomic E-state index is 12.0. The Balaban J connectivity index is 2.72. The van der Waals surface area contributed by atoms with Gasteiger partial charge in [0.15, 0.2) is 5.78 Å². The first-order valence-electron chi connectivity index (χ1n) is 6.11. The van der Waals surface area contributed by atoms with E-state index in [4.69, 9.17) is 9.84 Å². The van der Waals surface area contributed by atoms with Crippen molar-refractivity contribution in [3.05, 3.63) is 28.2 Å². The van der Waals surface area contributed by atoms with Crippen LogP contribution < -0.4 is 4.74 Å². The summed E-state index contributed by atoms with van der Waals surface area (Å²) in [7, 11) is 0. The fourth-order valence-electron chi connectivity index (χ4n) is 1.75. The van der Waals surface area contributed by atoms with Gasteiger partial charge in [0.25, 0.3) is 0 Å². The van der Waals surface area contributed by atoms with Crippen LogP contribution in [-0.2, 0) is 4.79 Å². The molecule has 0 amide bonds. The Kier molecular flexibility index (Phi) is 6.02. The predicted octanol–water partition coefficient (Wildman–Crippen LogP) is 3.53. The van der Waals surface area contributed by atoms with E-state index in [-0.39, 0.29) is 24.5 Å². The van der Waals surface area contributed by atoms with Gasteiger partial charge in [-0.1, -0.05) is 6.92 Å². The zero-order chi connectivity index (χ0) is 14.4. The van der Waals surface area contributed by atoms with Gasteiger partial charge in [-0.05, 0) is 47.0 Å². The molecule has 0 aliphatic rings. The van der Waals surface area contributed by atoms with Gasteiger partial charge in [-0.15, -0.1) is 0 Å². The Morgan fingerprint density at radius 1 is 1.37 bits per heavy atom. The second kappa shape index (κ2) is 7.28. The van der Waals surface area contributed by atoms with Gasteiger partial charge in [0.05, 0.1) is 11.1 Å². The summed E-state index contributed by atoms with van der Waals surface area (Å²) in [5.74, 6) is -0.418. The number of hydrogen-bond acceptors (Lipinski definition) is 3. The molecular weight excluding hydrogens is 312 g/mol. The van der Waals surface area contributed by atoms with E-state index in [1.165, 1.54) is 0 Å². The van der Waals surface area contributed by atoms with E-state index in [9.17, 15) is 9.59 Å². The minimum Gasteiger partial charge on any atom is -0.493 e. The molecule has 0 fully saturated rings. The summed E-state index contributed by atoms with van der Waals surface area (Å²) in [5, 5.41) is 8.67. The van der Waals surface area contributed by atoms with Gasteiger partial charge in [-0.25, -0.2) is 0 Å². The minimum atomic E-state index is -0.881. The van der Waals surface area contributed by atoms with Gasteiger partial charge < -0.3 is 9.84 Å². The molecule has 0 aromatic heterocycles. The van der Waals surface area contributed by atoms with Crippen LogP contribution in [-0.4, -0.2) is 23.5 Å². The monoisotopic (exact) mass is 328 g/mol. The topological polar surface area (TPSA) is 63.6 Å². The number of carbonyl (C=O) groups is 2. The van der Waals surface area contributed by atoms with Crippen LogP contribution in [0.2, 0.25) is 0 Å². The lowest BCUT2D eigenvalue weighted by Gasteiger charge is -2.10. The Labute approximate surface area is 120 Å². The highest BCUT2D eigenvalue weighted by atomic mass is 79.9. The molecule has 1 aromatic carbocycles. The maximum Gasteiger partial charge on any atom is 0.303 e. The number of carboxylic acids is 1. The summed E-state index contributed by atoms with van der Waals surface area (Å²) in [4.78, 5) is 22.6. The van der Waals surface area contributed by atoms with Gasteiger partial charge in [0.2, 0.25) is 0 Å². The van der Waals surface area contributed by atoms with Crippen molar-refractivity contribution >= 4 is 27.7 Å². The van der Waals surface area contributed by atoms with E-state index in [2.05, 4.69) is 15.9 Å². The Hall–Kier alpha value is -1.36. The molecule has 104 valence electrons. The highest BCUT2D eigenvalue weighted by Gasteiger charge is 2.15. The molecule has 1 rings (SSSR count). The van der Waals surface area contributed by atoms with Crippen LogP contribution in [0.4, 0.5) is 0 Å². The highest BCUT2D eigenvalue weighted by molar-refractivity contribution is 9.10. The normalized spacial score (nSPS) is 11.9. The molecule has 0 radical (unpaired) electrons. The van der Waals surface area contributed by atoms with E-state index in [1.54, 1.807) is 25.1 Å². The van der Waals surface area contributed by atoms with Crippen LogP contribution in [0.25, 0.3) is 0 Å². The SMILES string of the molecule is CCOc1ccc(C(=O)CC(C)CC(=O)O)cc1Br. The molecule has 0 saturated heterocycles. The van der Waals surface area contributed by atoms with Crippen molar-refractivity contribution in [2.75, 3.05) is 6.61 Å². The number of Topliss-reactive ketones (excluding diaryl/α,β-unsaturated/α-hetero) is 1. The maximum atomic E-state index is 12.0. The fraction of sp³-hybridized carbons (Fsp3) is 0.429. The van der Waals surface area contributed by atoms with E-state index in [0.29, 0.717) is 17.9 Å². The molecular formula is C14H17BrO4. The van der Waals surface area contributed by atoms with Crippen molar-refractivity contribution in [1.82, 2.24) is 0 Å². The molecule has 1 atom stereocenters. The first-order valence-corrected chi connectivity index (χ1v) is 6.90. The molecule has 0 aliphatic heterocycles. The van der Waals surface area contributed by atoms with E-state index in [0.717, 1.165) is 4.47 Å². The third-order valence-electron chi connectivity index (χ3n) is 2.61. The zero-order valence-electron chi connectivity index (χ0n) is 11.0. The largest absolute Gasteiger partial charge is 0.493 e. The molecule has 1 N–H and O–H groups in total. The first-order chi connectivity index (χ1) is 8.93. The third kappa shape index (κ3) is 5.03. The molecule has 19 heavy (non-hydrogen) atoms. The molecule has 1 aromatic rings. The number of hydrogen-bond donors (Lipinski definition) is 1. The fourth-order valence-corrected chi connectivity index (χ4v) is 2.24. The summed E-state index contributed by atoms with van der Waals surface area (Å²) < 4.78 is 6.10. The van der Waals surface area contributed by atoms with Crippen molar-refractivity contribution in [3.63, 3.8) is 0 Å².